The van der Waals surface area contributed by atoms with E-state index in [0.717, 1.165) is 44.1 Å². The smallest absolute Gasteiger partial charge is 0.152 e. The van der Waals surface area contributed by atoms with Crippen molar-refractivity contribution in [3.05, 3.63) is 71.4 Å². The standard InChI is InChI=1S/C22H23F2N3O/c23-17-11-19-21(5-8-25-22(19)20(24)12-17)26-13-15-3-1-2-4-16(15)14-27-9-6-18(28)7-10-27/h1-5,8,11-12,18,28H,6-7,9-10,13-14H2,(H,25,26). The summed E-state index contributed by atoms with van der Waals surface area (Å²) in [5, 5.41) is 13.4. The Hall–Kier alpha value is -2.57. The lowest BCUT2D eigenvalue weighted by Crippen LogP contribution is -2.35. The van der Waals surface area contributed by atoms with Gasteiger partial charge in [0.1, 0.15) is 11.3 Å². The van der Waals surface area contributed by atoms with Gasteiger partial charge in [-0.25, -0.2) is 8.78 Å². The Morgan fingerprint density at radius 1 is 1.07 bits per heavy atom. The summed E-state index contributed by atoms with van der Waals surface area (Å²) in [6, 6.07) is 12.1. The van der Waals surface area contributed by atoms with Gasteiger partial charge in [-0.2, -0.15) is 0 Å². The first-order valence-corrected chi connectivity index (χ1v) is 9.55. The summed E-state index contributed by atoms with van der Waals surface area (Å²) in [6.07, 6.45) is 2.95. The van der Waals surface area contributed by atoms with Gasteiger partial charge in [-0.1, -0.05) is 24.3 Å². The predicted molar refractivity (Wildman–Crippen MR) is 106 cm³/mol. The van der Waals surface area contributed by atoms with Crippen molar-refractivity contribution >= 4 is 16.6 Å². The van der Waals surface area contributed by atoms with Crippen molar-refractivity contribution < 1.29 is 13.9 Å². The molecule has 2 aromatic carbocycles. The van der Waals surface area contributed by atoms with E-state index in [0.29, 0.717) is 17.6 Å². The zero-order chi connectivity index (χ0) is 19.5. The fraction of sp³-hybridized carbons (Fsp3) is 0.318. The molecule has 6 heteroatoms. The average molecular weight is 383 g/mol. The van der Waals surface area contributed by atoms with Gasteiger partial charge in [-0.05, 0) is 36.1 Å². The van der Waals surface area contributed by atoms with Crippen molar-refractivity contribution in [1.82, 2.24) is 9.88 Å². The van der Waals surface area contributed by atoms with E-state index in [1.807, 2.05) is 12.1 Å². The second-order valence-corrected chi connectivity index (χ2v) is 7.27. The zero-order valence-electron chi connectivity index (χ0n) is 15.5. The topological polar surface area (TPSA) is 48.4 Å². The first kappa shape index (κ1) is 18.8. The molecule has 3 aromatic rings. The number of aliphatic hydroxyl groups is 1. The minimum atomic E-state index is -0.661. The fourth-order valence-corrected chi connectivity index (χ4v) is 3.73. The summed E-state index contributed by atoms with van der Waals surface area (Å²) < 4.78 is 27.7. The minimum Gasteiger partial charge on any atom is -0.393 e. The number of aliphatic hydroxyl groups excluding tert-OH is 1. The van der Waals surface area contributed by atoms with E-state index >= 15 is 0 Å². The maximum absolute atomic E-state index is 14.0. The van der Waals surface area contributed by atoms with Crippen LogP contribution in [0, 0.1) is 11.6 Å². The molecule has 1 aliphatic rings. The molecule has 0 atom stereocenters. The summed E-state index contributed by atoms with van der Waals surface area (Å²) in [4.78, 5) is 6.38. The van der Waals surface area contributed by atoms with Crippen molar-refractivity contribution in [1.29, 1.82) is 0 Å². The average Bonchev–Trinajstić information content (AvgIpc) is 2.69. The molecule has 4 nitrogen and oxygen atoms in total. The van der Waals surface area contributed by atoms with E-state index in [2.05, 4.69) is 27.3 Å². The highest BCUT2D eigenvalue weighted by Crippen LogP contribution is 2.26. The molecule has 0 radical (unpaired) electrons. The van der Waals surface area contributed by atoms with Crippen molar-refractivity contribution in [2.75, 3.05) is 18.4 Å². The highest BCUT2D eigenvalue weighted by atomic mass is 19.1. The number of aromatic nitrogens is 1. The SMILES string of the molecule is OC1CCN(Cc2ccccc2CNc2ccnc3c(F)cc(F)cc23)CC1. The molecule has 0 unspecified atom stereocenters. The van der Waals surface area contributed by atoms with E-state index in [1.165, 1.54) is 17.8 Å². The van der Waals surface area contributed by atoms with Crippen LogP contribution < -0.4 is 5.32 Å². The lowest BCUT2D eigenvalue weighted by molar-refractivity contribution is 0.0791. The third-order valence-electron chi connectivity index (χ3n) is 5.30. The first-order valence-electron chi connectivity index (χ1n) is 9.55. The molecular weight excluding hydrogens is 360 g/mol. The maximum Gasteiger partial charge on any atom is 0.152 e. The van der Waals surface area contributed by atoms with Gasteiger partial charge in [0.25, 0.3) is 0 Å². The predicted octanol–water partition coefficient (Wildman–Crippen LogP) is 4.08. The van der Waals surface area contributed by atoms with Crippen LogP contribution in [-0.2, 0) is 13.1 Å². The summed E-state index contributed by atoms with van der Waals surface area (Å²) in [6.45, 7) is 3.14. The van der Waals surface area contributed by atoms with Gasteiger partial charge in [0, 0.05) is 49.5 Å². The second-order valence-electron chi connectivity index (χ2n) is 7.27. The van der Waals surface area contributed by atoms with Gasteiger partial charge < -0.3 is 10.4 Å². The molecule has 0 aliphatic carbocycles. The number of halogens is 2. The number of nitrogens with zero attached hydrogens (tertiary/aromatic N) is 2. The Morgan fingerprint density at radius 3 is 2.61 bits per heavy atom. The highest BCUT2D eigenvalue weighted by Gasteiger charge is 2.18. The van der Waals surface area contributed by atoms with Crippen LogP contribution in [0.25, 0.3) is 10.9 Å². The first-order chi connectivity index (χ1) is 13.6. The summed E-state index contributed by atoms with van der Waals surface area (Å²) in [7, 11) is 0. The Bertz CT molecular complexity index is 971. The number of likely N-dealkylation sites (tertiary alicyclic amines) is 1. The highest BCUT2D eigenvalue weighted by molar-refractivity contribution is 5.91. The monoisotopic (exact) mass is 383 g/mol. The lowest BCUT2D eigenvalue weighted by Gasteiger charge is -2.30. The van der Waals surface area contributed by atoms with Crippen LogP contribution in [0.2, 0.25) is 0 Å². The molecule has 1 saturated heterocycles. The van der Waals surface area contributed by atoms with Gasteiger partial charge in [0.05, 0.1) is 6.10 Å². The number of benzene rings is 2. The maximum atomic E-state index is 14.0. The molecular formula is C22H23F2N3O. The van der Waals surface area contributed by atoms with Crippen LogP contribution in [0.4, 0.5) is 14.5 Å². The Kier molecular flexibility index (Phi) is 5.50. The quantitative estimate of drug-likeness (QED) is 0.697. The number of anilines is 1. The third kappa shape index (κ3) is 4.13. The number of rotatable bonds is 5. The van der Waals surface area contributed by atoms with Crippen molar-refractivity contribution in [3.8, 4) is 0 Å². The van der Waals surface area contributed by atoms with Crippen LogP contribution in [-0.4, -0.2) is 34.2 Å². The molecule has 0 bridgehead atoms. The minimum absolute atomic E-state index is 0.159. The largest absolute Gasteiger partial charge is 0.393 e. The van der Waals surface area contributed by atoms with E-state index in [9.17, 15) is 13.9 Å². The molecule has 1 aliphatic heterocycles. The van der Waals surface area contributed by atoms with Gasteiger partial charge in [0.2, 0.25) is 0 Å². The van der Waals surface area contributed by atoms with Crippen molar-refractivity contribution in [2.24, 2.45) is 0 Å². The molecule has 28 heavy (non-hydrogen) atoms. The Balaban J connectivity index is 1.52. The number of pyridine rings is 1. The fourth-order valence-electron chi connectivity index (χ4n) is 3.73. The van der Waals surface area contributed by atoms with Gasteiger partial charge >= 0.3 is 0 Å². The summed E-state index contributed by atoms with van der Waals surface area (Å²) >= 11 is 0. The van der Waals surface area contributed by atoms with Crippen LogP contribution >= 0.6 is 0 Å². The number of hydrogen-bond donors (Lipinski definition) is 2. The molecule has 0 amide bonds. The van der Waals surface area contributed by atoms with E-state index in [-0.39, 0.29) is 11.6 Å². The molecule has 2 heterocycles. The van der Waals surface area contributed by atoms with E-state index < -0.39 is 11.6 Å². The molecule has 0 saturated carbocycles. The van der Waals surface area contributed by atoms with Gasteiger partial charge in [-0.3, -0.25) is 9.88 Å². The second kappa shape index (κ2) is 8.20. The molecule has 0 spiro atoms. The summed E-state index contributed by atoms with van der Waals surface area (Å²) in [5.74, 6) is -1.28. The molecule has 1 fully saturated rings. The van der Waals surface area contributed by atoms with Crippen LogP contribution in [0.3, 0.4) is 0 Å². The molecule has 1 aromatic heterocycles. The van der Waals surface area contributed by atoms with E-state index in [4.69, 9.17) is 0 Å². The van der Waals surface area contributed by atoms with Crippen molar-refractivity contribution in [2.45, 2.75) is 32.0 Å². The Labute approximate surface area is 162 Å². The van der Waals surface area contributed by atoms with Crippen LogP contribution in [0.15, 0.2) is 48.7 Å². The molecule has 4 rings (SSSR count). The van der Waals surface area contributed by atoms with Gasteiger partial charge in [-0.15, -0.1) is 0 Å². The number of piperidine rings is 1. The summed E-state index contributed by atoms with van der Waals surface area (Å²) in [5.41, 5.74) is 3.16. The number of fused-ring (bicyclic) bond motifs is 1. The van der Waals surface area contributed by atoms with E-state index in [1.54, 1.807) is 6.07 Å². The Morgan fingerprint density at radius 2 is 1.82 bits per heavy atom. The lowest BCUT2D eigenvalue weighted by atomic mass is 10.0. The van der Waals surface area contributed by atoms with Crippen molar-refractivity contribution in [3.63, 3.8) is 0 Å². The van der Waals surface area contributed by atoms with Crippen LogP contribution in [0.5, 0.6) is 0 Å². The van der Waals surface area contributed by atoms with Crippen LogP contribution in [0.1, 0.15) is 24.0 Å². The van der Waals surface area contributed by atoms with Gasteiger partial charge in [0.15, 0.2) is 5.82 Å². The number of hydrogen-bond acceptors (Lipinski definition) is 4. The molecule has 146 valence electrons. The zero-order valence-corrected chi connectivity index (χ0v) is 15.5. The normalized spacial score (nSPS) is 15.8. The molecule has 2 N–H and O–H groups in total. The third-order valence-corrected chi connectivity index (χ3v) is 5.30. The number of nitrogens with one attached hydrogen (secondary N) is 1.